The number of nitrogens with one attached hydrogen (secondary N) is 2. The summed E-state index contributed by atoms with van der Waals surface area (Å²) in [4.78, 5) is 20.5. The van der Waals surface area contributed by atoms with E-state index in [1.807, 2.05) is 31.2 Å². The van der Waals surface area contributed by atoms with Crippen LogP contribution in [0.15, 0.2) is 53.3 Å². The van der Waals surface area contributed by atoms with E-state index >= 15 is 0 Å². The molecule has 0 radical (unpaired) electrons. The van der Waals surface area contributed by atoms with E-state index in [9.17, 15) is 4.79 Å². The van der Waals surface area contributed by atoms with Gasteiger partial charge in [-0.1, -0.05) is 42.0 Å². The van der Waals surface area contributed by atoms with E-state index in [-0.39, 0.29) is 5.56 Å². The lowest BCUT2D eigenvalue weighted by atomic mass is 10.1. The maximum atomic E-state index is 12.9. The van der Waals surface area contributed by atoms with E-state index < -0.39 is 0 Å². The Bertz CT molecular complexity index is 1160. The van der Waals surface area contributed by atoms with Gasteiger partial charge in [0.25, 0.3) is 5.56 Å². The Hall–Kier alpha value is -2.74. The van der Waals surface area contributed by atoms with Gasteiger partial charge in [0.05, 0.1) is 25.3 Å². The molecule has 0 bridgehead atoms. The van der Waals surface area contributed by atoms with E-state index in [2.05, 4.69) is 51.3 Å². The zero-order valence-corrected chi connectivity index (χ0v) is 20.2. The van der Waals surface area contributed by atoms with Crippen LogP contribution in [0, 0.1) is 13.8 Å². The van der Waals surface area contributed by atoms with Gasteiger partial charge < -0.3 is 19.9 Å². The number of aromatic amines is 1. The fraction of sp³-hybridized carbons (Fsp3) is 0.385. The molecule has 33 heavy (non-hydrogen) atoms. The van der Waals surface area contributed by atoms with Gasteiger partial charge in [-0.25, -0.2) is 0 Å². The molecular formula is C26H32N4O2S. The third kappa shape index (κ3) is 6.19. The van der Waals surface area contributed by atoms with Crippen LogP contribution >= 0.6 is 12.2 Å². The molecule has 174 valence electrons. The summed E-state index contributed by atoms with van der Waals surface area (Å²) in [7, 11) is 0. The number of hydrogen-bond acceptors (Lipinski definition) is 4. The van der Waals surface area contributed by atoms with Crippen molar-refractivity contribution in [1.82, 2.24) is 20.1 Å². The Morgan fingerprint density at radius 2 is 1.91 bits per heavy atom. The molecule has 4 rings (SSSR count). The number of benzene rings is 2. The van der Waals surface area contributed by atoms with E-state index in [0.717, 1.165) is 61.4 Å². The highest BCUT2D eigenvalue weighted by atomic mass is 32.1. The normalized spacial score (nSPS) is 14.4. The van der Waals surface area contributed by atoms with E-state index in [1.165, 1.54) is 11.1 Å². The lowest BCUT2D eigenvalue weighted by Crippen LogP contribution is -2.46. The highest BCUT2D eigenvalue weighted by Gasteiger charge is 2.17. The molecule has 1 aromatic heterocycles. The third-order valence-electron chi connectivity index (χ3n) is 6.10. The lowest BCUT2D eigenvalue weighted by Gasteiger charge is -2.31. The van der Waals surface area contributed by atoms with Crippen LogP contribution < -0.4 is 10.9 Å². The summed E-state index contributed by atoms with van der Waals surface area (Å²) in [5, 5.41) is 5.10. The first-order chi connectivity index (χ1) is 16.0. The van der Waals surface area contributed by atoms with Crippen molar-refractivity contribution >= 4 is 28.2 Å². The first kappa shape index (κ1) is 23.4. The summed E-state index contributed by atoms with van der Waals surface area (Å²) in [6.07, 6.45) is 0. The largest absolute Gasteiger partial charge is 0.379 e. The van der Waals surface area contributed by atoms with Crippen molar-refractivity contribution in [3.05, 3.63) is 81.1 Å². The van der Waals surface area contributed by atoms with Crippen molar-refractivity contribution in [3.63, 3.8) is 0 Å². The molecule has 0 spiro atoms. The van der Waals surface area contributed by atoms with Crippen molar-refractivity contribution in [2.75, 3.05) is 39.4 Å². The zero-order chi connectivity index (χ0) is 23.2. The van der Waals surface area contributed by atoms with Gasteiger partial charge in [-0.2, -0.15) is 0 Å². The molecule has 0 saturated carbocycles. The number of thiocarbonyl (C=S) groups is 1. The monoisotopic (exact) mass is 464 g/mol. The lowest BCUT2D eigenvalue weighted by molar-refractivity contribution is 0.0357. The summed E-state index contributed by atoms with van der Waals surface area (Å²) in [6, 6.07) is 16.4. The quantitative estimate of drug-likeness (QED) is 0.523. The Kier molecular flexibility index (Phi) is 7.75. The SMILES string of the molecule is Cc1cc(C)c2[nH]c(=O)c(CN(CCN3CCOCC3)C(=S)NCc3ccccc3)cc2c1. The van der Waals surface area contributed by atoms with Crippen molar-refractivity contribution in [2.24, 2.45) is 0 Å². The summed E-state index contributed by atoms with van der Waals surface area (Å²) in [5.74, 6) is 0. The van der Waals surface area contributed by atoms with E-state index in [0.29, 0.717) is 18.2 Å². The van der Waals surface area contributed by atoms with Gasteiger partial charge in [0, 0.05) is 38.3 Å². The first-order valence-corrected chi connectivity index (χ1v) is 11.9. The van der Waals surface area contributed by atoms with Gasteiger partial charge in [-0.15, -0.1) is 0 Å². The molecule has 0 unspecified atom stereocenters. The van der Waals surface area contributed by atoms with Gasteiger partial charge in [0.15, 0.2) is 5.11 Å². The summed E-state index contributed by atoms with van der Waals surface area (Å²) in [5.41, 5.74) is 5.00. The van der Waals surface area contributed by atoms with Gasteiger partial charge in [-0.05, 0) is 54.7 Å². The van der Waals surface area contributed by atoms with Crippen molar-refractivity contribution in [2.45, 2.75) is 26.9 Å². The number of rotatable bonds is 7. The Morgan fingerprint density at radius 1 is 1.15 bits per heavy atom. The van der Waals surface area contributed by atoms with Crippen LogP contribution in [-0.4, -0.2) is 59.3 Å². The molecule has 0 amide bonds. The minimum atomic E-state index is -0.0586. The summed E-state index contributed by atoms with van der Waals surface area (Å²) >= 11 is 5.78. The topological polar surface area (TPSA) is 60.6 Å². The molecule has 2 heterocycles. The Balaban J connectivity index is 1.53. The van der Waals surface area contributed by atoms with Crippen LogP contribution in [0.5, 0.6) is 0 Å². The molecule has 2 aromatic carbocycles. The maximum Gasteiger partial charge on any atom is 0.253 e. The fourth-order valence-electron chi connectivity index (χ4n) is 4.28. The van der Waals surface area contributed by atoms with Gasteiger partial charge in [0.1, 0.15) is 0 Å². The minimum absolute atomic E-state index is 0.0586. The van der Waals surface area contributed by atoms with Crippen molar-refractivity contribution in [3.8, 4) is 0 Å². The molecule has 7 heteroatoms. The molecule has 0 aliphatic carbocycles. The number of pyridine rings is 1. The molecular weight excluding hydrogens is 432 g/mol. The Labute approximate surface area is 200 Å². The zero-order valence-electron chi connectivity index (χ0n) is 19.4. The second kappa shape index (κ2) is 10.9. The average molecular weight is 465 g/mol. The van der Waals surface area contributed by atoms with Crippen LogP contribution in [0.3, 0.4) is 0 Å². The van der Waals surface area contributed by atoms with Gasteiger partial charge in [-0.3, -0.25) is 9.69 Å². The number of aryl methyl sites for hydroxylation is 2. The molecule has 1 fully saturated rings. The minimum Gasteiger partial charge on any atom is -0.379 e. The highest BCUT2D eigenvalue weighted by molar-refractivity contribution is 7.80. The van der Waals surface area contributed by atoms with Crippen LogP contribution in [0.4, 0.5) is 0 Å². The second-order valence-electron chi connectivity index (χ2n) is 8.69. The summed E-state index contributed by atoms with van der Waals surface area (Å²) in [6.45, 7) is 10.2. The predicted molar refractivity (Wildman–Crippen MR) is 138 cm³/mol. The number of aromatic nitrogens is 1. The number of hydrogen-bond donors (Lipinski definition) is 2. The highest BCUT2D eigenvalue weighted by Crippen LogP contribution is 2.18. The Morgan fingerprint density at radius 3 is 2.67 bits per heavy atom. The van der Waals surface area contributed by atoms with Crippen LogP contribution in [-0.2, 0) is 17.8 Å². The number of fused-ring (bicyclic) bond motifs is 1. The predicted octanol–water partition coefficient (Wildman–Crippen LogP) is 3.35. The number of morpholine rings is 1. The van der Waals surface area contributed by atoms with Gasteiger partial charge in [0.2, 0.25) is 0 Å². The molecule has 1 aliphatic rings. The van der Waals surface area contributed by atoms with Crippen molar-refractivity contribution < 1.29 is 4.74 Å². The smallest absolute Gasteiger partial charge is 0.253 e. The standard InChI is InChI=1S/C26H32N4O2S/c1-19-14-20(2)24-22(15-19)16-23(25(31)28-24)18-30(9-8-29-10-12-32-13-11-29)26(33)27-17-21-6-4-3-5-7-21/h3-7,14-16H,8-13,17-18H2,1-2H3,(H,27,33)(H,28,31). The van der Waals surface area contributed by atoms with Crippen molar-refractivity contribution in [1.29, 1.82) is 0 Å². The first-order valence-electron chi connectivity index (χ1n) is 11.5. The van der Waals surface area contributed by atoms with Crippen LogP contribution in [0.1, 0.15) is 22.3 Å². The van der Waals surface area contributed by atoms with Gasteiger partial charge >= 0.3 is 0 Å². The third-order valence-corrected chi connectivity index (χ3v) is 6.50. The fourth-order valence-corrected chi connectivity index (χ4v) is 4.51. The number of nitrogens with zero attached hydrogens (tertiary/aromatic N) is 2. The molecule has 6 nitrogen and oxygen atoms in total. The molecule has 1 saturated heterocycles. The van der Waals surface area contributed by atoms with E-state index in [4.69, 9.17) is 17.0 Å². The average Bonchev–Trinajstić information content (AvgIpc) is 2.82. The number of H-pyrrole nitrogens is 1. The molecule has 0 atom stereocenters. The molecule has 2 N–H and O–H groups in total. The van der Waals surface area contributed by atoms with Crippen LogP contribution in [0.25, 0.3) is 10.9 Å². The maximum absolute atomic E-state index is 12.9. The number of ether oxygens (including phenoxy) is 1. The second-order valence-corrected chi connectivity index (χ2v) is 9.08. The van der Waals surface area contributed by atoms with Crippen LogP contribution in [0.2, 0.25) is 0 Å². The molecule has 1 aliphatic heterocycles. The summed E-state index contributed by atoms with van der Waals surface area (Å²) < 4.78 is 5.47. The van der Waals surface area contributed by atoms with E-state index in [1.54, 1.807) is 0 Å². The molecule has 3 aromatic rings.